The molecule has 24 heavy (non-hydrogen) atoms. The lowest BCUT2D eigenvalue weighted by atomic mass is 9.90. The van der Waals surface area contributed by atoms with Crippen LogP contribution in [0.4, 0.5) is 0 Å². The molecule has 1 aliphatic carbocycles. The smallest absolute Gasteiger partial charge is 0.237 e. The molecule has 0 bridgehead atoms. The zero-order valence-electron chi connectivity index (χ0n) is 14.3. The van der Waals surface area contributed by atoms with Gasteiger partial charge in [0.1, 0.15) is 0 Å². The Morgan fingerprint density at radius 1 is 1.25 bits per heavy atom. The lowest BCUT2D eigenvalue weighted by Gasteiger charge is -2.44. The Kier molecular flexibility index (Phi) is 4.85. The SMILES string of the molecule is O=C(CN1CCC[C@H](c2ccn[nH]2)C1)N1CCO[C@H]2CCCC[C@@H]21. The first-order chi connectivity index (χ1) is 11.8. The molecule has 3 fully saturated rings. The first kappa shape index (κ1) is 16.1. The van der Waals surface area contributed by atoms with Gasteiger partial charge in [-0.1, -0.05) is 12.8 Å². The van der Waals surface area contributed by atoms with E-state index in [2.05, 4.69) is 26.1 Å². The molecule has 1 saturated carbocycles. The lowest BCUT2D eigenvalue weighted by Crippen LogP contribution is -2.57. The number of aromatic amines is 1. The molecule has 4 rings (SSSR count). The minimum Gasteiger partial charge on any atom is -0.374 e. The Bertz CT molecular complexity index is 545. The number of amides is 1. The number of morpholine rings is 1. The molecule has 132 valence electrons. The van der Waals surface area contributed by atoms with Gasteiger partial charge < -0.3 is 9.64 Å². The topological polar surface area (TPSA) is 61.5 Å². The number of fused-ring (bicyclic) bond motifs is 1. The minimum absolute atomic E-state index is 0.274. The maximum absolute atomic E-state index is 12.9. The molecule has 2 saturated heterocycles. The molecule has 1 aromatic heterocycles. The molecule has 3 aliphatic rings. The van der Waals surface area contributed by atoms with E-state index in [0.717, 1.165) is 38.9 Å². The van der Waals surface area contributed by atoms with Crippen LogP contribution in [0, 0.1) is 0 Å². The molecule has 0 spiro atoms. The van der Waals surface area contributed by atoms with Crippen molar-refractivity contribution in [3.63, 3.8) is 0 Å². The Morgan fingerprint density at radius 2 is 2.17 bits per heavy atom. The molecule has 3 atom stereocenters. The van der Waals surface area contributed by atoms with E-state index in [0.29, 0.717) is 31.0 Å². The average Bonchev–Trinajstić information content (AvgIpc) is 3.16. The van der Waals surface area contributed by atoms with Crippen molar-refractivity contribution in [2.24, 2.45) is 0 Å². The van der Waals surface area contributed by atoms with Gasteiger partial charge in [0.15, 0.2) is 0 Å². The number of hydrogen-bond donors (Lipinski definition) is 1. The second kappa shape index (κ2) is 7.23. The minimum atomic E-state index is 0.274. The van der Waals surface area contributed by atoms with E-state index < -0.39 is 0 Å². The molecule has 1 N–H and O–H groups in total. The predicted molar refractivity (Wildman–Crippen MR) is 90.7 cm³/mol. The van der Waals surface area contributed by atoms with Crippen LogP contribution in [0.1, 0.15) is 50.1 Å². The number of ether oxygens (including phenoxy) is 1. The van der Waals surface area contributed by atoms with Gasteiger partial charge in [-0.3, -0.25) is 14.8 Å². The maximum atomic E-state index is 12.9. The molecule has 0 radical (unpaired) electrons. The number of nitrogens with zero attached hydrogens (tertiary/aromatic N) is 3. The van der Waals surface area contributed by atoms with Crippen molar-refractivity contribution < 1.29 is 9.53 Å². The van der Waals surface area contributed by atoms with E-state index in [1.54, 1.807) is 0 Å². The standard InChI is InChI=1S/C18H28N4O2/c23-18(22-10-11-24-17-6-2-1-5-16(17)22)13-21-9-3-4-14(12-21)15-7-8-19-20-15/h7-8,14,16-17H,1-6,9-13H2,(H,19,20)/t14-,16-,17-/m0/s1. The number of nitrogens with one attached hydrogen (secondary N) is 1. The summed E-state index contributed by atoms with van der Waals surface area (Å²) in [6.45, 7) is 3.98. The van der Waals surface area contributed by atoms with E-state index in [1.165, 1.54) is 25.0 Å². The van der Waals surface area contributed by atoms with Gasteiger partial charge in [0.2, 0.25) is 5.91 Å². The third-order valence-electron chi connectivity index (χ3n) is 5.88. The monoisotopic (exact) mass is 332 g/mol. The molecule has 1 amide bonds. The van der Waals surface area contributed by atoms with E-state index in [9.17, 15) is 4.79 Å². The third kappa shape index (κ3) is 3.35. The van der Waals surface area contributed by atoms with Crippen molar-refractivity contribution in [2.45, 2.75) is 56.6 Å². The van der Waals surface area contributed by atoms with Crippen molar-refractivity contribution >= 4 is 5.91 Å². The van der Waals surface area contributed by atoms with Crippen molar-refractivity contribution in [1.82, 2.24) is 20.0 Å². The van der Waals surface area contributed by atoms with E-state index >= 15 is 0 Å². The Hall–Kier alpha value is -1.40. The van der Waals surface area contributed by atoms with E-state index in [-0.39, 0.29) is 6.10 Å². The number of likely N-dealkylation sites (tertiary alicyclic amines) is 1. The van der Waals surface area contributed by atoms with Gasteiger partial charge >= 0.3 is 0 Å². The summed E-state index contributed by atoms with van der Waals surface area (Å²) < 4.78 is 5.90. The number of piperidine rings is 1. The fourth-order valence-corrected chi connectivity index (χ4v) is 4.64. The highest BCUT2D eigenvalue weighted by Crippen LogP contribution is 2.29. The summed E-state index contributed by atoms with van der Waals surface area (Å²) in [5.74, 6) is 0.765. The zero-order chi connectivity index (χ0) is 16.4. The summed E-state index contributed by atoms with van der Waals surface area (Å²) in [6.07, 6.45) is 9.09. The van der Waals surface area contributed by atoms with Crippen LogP contribution in [0.2, 0.25) is 0 Å². The van der Waals surface area contributed by atoms with Crippen molar-refractivity contribution in [3.05, 3.63) is 18.0 Å². The number of hydrogen-bond acceptors (Lipinski definition) is 4. The molecule has 1 aromatic rings. The van der Waals surface area contributed by atoms with Gasteiger partial charge in [-0.2, -0.15) is 5.10 Å². The van der Waals surface area contributed by atoms with Crippen LogP contribution in [0.25, 0.3) is 0 Å². The van der Waals surface area contributed by atoms with Gasteiger partial charge in [-0.05, 0) is 38.3 Å². The molecule has 3 heterocycles. The summed E-state index contributed by atoms with van der Waals surface area (Å²) in [6, 6.07) is 2.37. The molecule has 6 nitrogen and oxygen atoms in total. The third-order valence-corrected chi connectivity index (χ3v) is 5.88. The van der Waals surface area contributed by atoms with Crippen LogP contribution in [0.15, 0.2) is 12.3 Å². The zero-order valence-corrected chi connectivity index (χ0v) is 14.3. The number of H-pyrrole nitrogens is 1. The van der Waals surface area contributed by atoms with Crippen molar-refractivity contribution in [2.75, 3.05) is 32.8 Å². The molecule has 2 aliphatic heterocycles. The Balaban J connectivity index is 1.36. The van der Waals surface area contributed by atoms with Crippen LogP contribution in [0.5, 0.6) is 0 Å². The summed E-state index contributed by atoms with van der Waals surface area (Å²) >= 11 is 0. The number of rotatable bonds is 3. The van der Waals surface area contributed by atoms with Gasteiger partial charge in [0.05, 0.1) is 25.3 Å². The summed E-state index contributed by atoms with van der Waals surface area (Å²) in [5, 5.41) is 7.16. The van der Waals surface area contributed by atoms with Crippen LogP contribution in [0.3, 0.4) is 0 Å². The van der Waals surface area contributed by atoms with Gasteiger partial charge in [-0.15, -0.1) is 0 Å². The fraction of sp³-hybridized carbons (Fsp3) is 0.778. The highest BCUT2D eigenvalue weighted by atomic mass is 16.5. The number of aromatic nitrogens is 2. The Morgan fingerprint density at radius 3 is 3.04 bits per heavy atom. The van der Waals surface area contributed by atoms with Crippen LogP contribution < -0.4 is 0 Å². The first-order valence-corrected chi connectivity index (χ1v) is 9.44. The normalized spacial score (nSPS) is 31.7. The molecular formula is C18H28N4O2. The van der Waals surface area contributed by atoms with Gasteiger partial charge in [0.25, 0.3) is 0 Å². The maximum Gasteiger partial charge on any atom is 0.237 e. The lowest BCUT2D eigenvalue weighted by molar-refractivity contribution is -0.150. The second-order valence-corrected chi connectivity index (χ2v) is 7.43. The molecule has 0 unspecified atom stereocenters. The summed E-state index contributed by atoms with van der Waals surface area (Å²) in [5.41, 5.74) is 1.20. The van der Waals surface area contributed by atoms with E-state index in [1.807, 2.05) is 6.20 Å². The van der Waals surface area contributed by atoms with Crippen molar-refractivity contribution in [3.8, 4) is 0 Å². The quantitative estimate of drug-likeness (QED) is 0.916. The second-order valence-electron chi connectivity index (χ2n) is 7.43. The highest BCUT2D eigenvalue weighted by molar-refractivity contribution is 5.78. The fourth-order valence-electron chi connectivity index (χ4n) is 4.64. The number of carbonyl (C=O) groups excluding carboxylic acids is 1. The molecule has 6 heteroatoms. The average molecular weight is 332 g/mol. The molecule has 0 aromatic carbocycles. The predicted octanol–water partition coefficient (Wildman–Crippen LogP) is 1.76. The van der Waals surface area contributed by atoms with Crippen LogP contribution >= 0.6 is 0 Å². The summed E-state index contributed by atoms with van der Waals surface area (Å²) in [7, 11) is 0. The van der Waals surface area contributed by atoms with Crippen molar-refractivity contribution in [1.29, 1.82) is 0 Å². The van der Waals surface area contributed by atoms with Crippen LogP contribution in [-0.2, 0) is 9.53 Å². The van der Waals surface area contributed by atoms with Crippen LogP contribution in [-0.4, -0.2) is 70.8 Å². The largest absolute Gasteiger partial charge is 0.374 e. The number of carbonyl (C=O) groups is 1. The first-order valence-electron chi connectivity index (χ1n) is 9.44. The molecular weight excluding hydrogens is 304 g/mol. The van der Waals surface area contributed by atoms with Gasteiger partial charge in [0, 0.05) is 30.9 Å². The summed E-state index contributed by atoms with van der Waals surface area (Å²) in [4.78, 5) is 17.4. The Labute approximate surface area is 143 Å². The highest BCUT2D eigenvalue weighted by Gasteiger charge is 2.37. The van der Waals surface area contributed by atoms with Gasteiger partial charge in [-0.25, -0.2) is 0 Å². The van der Waals surface area contributed by atoms with E-state index in [4.69, 9.17) is 4.74 Å².